The van der Waals surface area contributed by atoms with E-state index in [0.717, 1.165) is 12.2 Å². The van der Waals surface area contributed by atoms with Crippen LogP contribution in [0.1, 0.15) is 40.4 Å². The lowest BCUT2D eigenvalue weighted by Gasteiger charge is -2.15. The van der Waals surface area contributed by atoms with E-state index in [1.54, 1.807) is 0 Å². The first kappa shape index (κ1) is 11.9. The summed E-state index contributed by atoms with van der Waals surface area (Å²) in [5, 5.41) is 4.32. The van der Waals surface area contributed by atoms with E-state index >= 15 is 0 Å². The summed E-state index contributed by atoms with van der Waals surface area (Å²) in [6.45, 7) is 2.96. The Kier molecular flexibility index (Phi) is 3.20. The molecule has 0 aromatic carbocycles. The molecule has 0 saturated heterocycles. The van der Waals surface area contributed by atoms with Crippen molar-refractivity contribution in [2.45, 2.75) is 38.8 Å². The molecule has 18 heavy (non-hydrogen) atoms. The van der Waals surface area contributed by atoms with Crippen molar-refractivity contribution in [2.24, 2.45) is 5.84 Å². The quantitative estimate of drug-likeness (QED) is 0.654. The zero-order valence-corrected chi connectivity index (χ0v) is 11.3. The fraction of sp³-hybridized carbons (Fsp3) is 0.462. The molecule has 0 amide bonds. The van der Waals surface area contributed by atoms with E-state index < -0.39 is 0 Å². The highest BCUT2D eigenvalue weighted by Crippen LogP contribution is 2.35. The maximum atomic E-state index is 5.75. The Labute approximate surface area is 111 Å². The van der Waals surface area contributed by atoms with Crippen molar-refractivity contribution in [2.75, 3.05) is 0 Å². The topological polar surface area (TPSA) is 55.9 Å². The van der Waals surface area contributed by atoms with Crippen molar-refractivity contribution in [3.8, 4) is 0 Å². The third-order valence-electron chi connectivity index (χ3n) is 3.56. The molecule has 4 nitrogen and oxygen atoms in total. The molecule has 2 heterocycles. The van der Waals surface area contributed by atoms with E-state index in [2.05, 4.69) is 23.5 Å². The van der Waals surface area contributed by atoms with Crippen LogP contribution in [-0.2, 0) is 19.4 Å². The Hall–Kier alpha value is -1.17. The van der Waals surface area contributed by atoms with Crippen LogP contribution in [0.3, 0.4) is 0 Å². The van der Waals surface area contributed by atoms with Crippen LogP contribution in [0.2, 0.25) is 0 Å². The Morgan fingerprint density at radius 1 is 1.56 bits per heavy atom. The molecule has 96 valence electrons. The number of hydrogen-bond donors (Lipinski definition) is 2. The lowest BCUT2D eigenvalue weighted by Crippen LogP contribution is -2.30. The van der Waals surface area contributed by atoms with Crippen molar-refractivity contribution in [3.63, 3.8) is 0 Å². The summed E-state index contributed by atoms with van der Waals surface area (Å²) in [5.41, 5.74) is 5.58. The summed E-state index contributed by atoms with van der Waals surface area (Å²) < 4.78 is 2.00. The SMILES string of the molecule is CCn1nccc1C(NN)c1cc2c(s1)CCC2. The Balaban J connectivity index is 1.96. The van der Waals surface area contributed by atoms with E-state index in [0.29, 0.717) is 0 Å². The van der Waals surface area contributed by atoms with Crippen LogP contribution in [-0.4, -0.2) is 9.78 Å². The van der Waals surface area contributed by atoms with Gasteiger partial charge in [0, 0.05) is 22.5 Å². The molecule has 3 N–H and O–H groups in total. The van der Waals surface area contributed by atoms with E-state index in [4.69, 9.17) is 5.84 Å². The number of aromatic nitrogens is 2. The molecule has 1 atom stereocenters. The van der Waals surface area contributed by atoms with Crippen molar-refractivity contribution in [3.05, 3.63) is 39.3 Å². The minimum absolute atomic E-state index is 0.0584. The number of hydrazine groups is 1. The van der Waals surface area contributed by atoms with Gasteiger partial charge < -0.3 is 0 Å². The van der Waals surface area contributed by atoms with Gasteiger partial charge in [-0.05, 0) is 43.9 Å². The Bertz CT molecular complexity index is 521. The van der Waals surface area contributed by atoms with Crippen molar-refractivity contribution in [1.82, 2.24) is 15.2 Å². The molecule has 0 saturated carbocycles. The van der Waals surface area contributed by atoms with Gasteiger partial charge in [-0.1, -0.05) is 0 Å². The monoisotopic (exact) mass is 262 g/mol. The fourth-order valence-electron chi connectivity index (χ4n) is 2.66. The third-order valence-corrected chi connectivity index (χ3v) is 4.86. The smallest absolute Gasteiger partial charge is 0.0970 e. The maximum absolute atomic E-state index is 5.75. The van der Waals surface area contributed by atoms with E-state index in [1.165, 1.54) is 34.6 Å². The second kappa shape index (κ2) is 4.84. The number of nitrogens with one attached hydrogen (secondary N) is 1. The predicted octanol–water partition coefficient (Wildman–Crippen LogP) is 2.01. The average molecular weight is 262 g/mol. The zero-order chi connectivity index (χ0) is 12.5. The largest absolute Gasteiger partial charge is 0.270 e. The third kappa shape index (κ3) is 1.88. The minimum atomic E-state index is 0.0584. The molecular formula is C13H18N4S. The minimum Gasteiger partial charge on any atom is -0.270 e. The second-order valence-corrected chi connectivity index (χ2v) is 5.79. The van der Waals surface area contributed by atoms with Gasteiger partial charge in [0.15, 0.2) is 0 Å². The summed E-state index contributed by atoms with van der Waals surface area (Å²) in [5.74, 6) is 5.75. The van der Waals surface area contributed by atoms with Crippen LogP contribution in [0.5, 0.6) is 0 Å². The first-order valence-corrected chi connectivity index (χ1v) is 7.24. The zero-order valence-electron chi connectivity index (χ0n) is 10.5. The van der Waals surface area contributed by atoms with Crippen LogP contribution < -0.4 is 11.3 Å². The van der Waals surface area contributed by atoms with Gasteiger partial charge in [0.25, 0.3) is 0 Å². The van der Waals surface area contributed by atoms with E-state index in [9.17, 15) is 0 Å². The molecule has 2 aromatic heterocycles. The number of nitrogens with zero attached hydrogens (tertiary/aromatic N) is 2. The van der Waals surface area contributed by atoms with Crippen LogP contribution in [0.4, 0.5) is 0 Å². The first-order chi connectivity index (χ1) is 8.83. The van der Waals surface area contributed by atoms with Gasteiger partial charge in [0.05, 0.1) is 11.7 Å². The first-order valence-electron chi connectivity index (χ1n) is 6.42. The van der Waals surface area contributed by atoms with Crippen molar-refractivity contribution in [1.29, 1.82) is 0 Å². The van der Waals surface area contributed by atoms with Crippen molar-refractivity contribution >= 4 is 11.3 Å². The van der Waals surface area contributed by atoms with Gasteiger partial charge in [-0.25, -0.2) is 5.43 Å². The highest BCUT2D eigenvalue weighted by molar-refractivity contribution is 7.12. The molecular weight excluding hydrogens is 244 g/mol. The highest BCUT2D eigenvalue weighted by atomic mass is 32.1. The molecule has 3 rings (SSSR count). The lowest BCUT2D eigenvalue weighted by atomic mass is 10.1. The van der Waals surface area contributed by atoms with Gasteiger partial charge in [-0.15, -0.1) is 11.3 Å². The fourth-order valence-corrected chi connectivity index (χ4v) is 3.99. The van der Waals surface area contributed by atoms with E-state index in [1.807, 2.05) is 28.3 Å². The summed E-state index contributed by atoms with van der Waals surface area (Å²) in [7, 11) is 0. The van der Waals surface area contributed by atoms with Gasteiger partial charge in [0.2, 0.25) is 0 Å². The standard InChI is InChI=1S/C13H18N4S/c1-2-17-10(6-7-15-17)13(16-14)12-8-9-4-3-5-11(9)18-12/h6-8,13,16H,2-5,14H2,1H3. The molecule has 1 aliphatic carbocycles. The predicted molar refractivity (Wildman–Crippen MR) is 73.4 cm³/mol. The van der Waals surface area contributed by atoms with E-state index in [-0.39, 0.29) is 6.04 Å². The number of thiophene rings is 1. The van der Waals surface area contributed by atoms with Gasteiger partial charge >= 0.3 is 0 Å². The average Bonchev–Trinajstić information content (AvgIpc) is 3.03. The summed E-state index contributed by atoms with van der Waals surface area (Å²) in [6, 6.07) is 4.41. The second-order valence-electron chi connectivity index (χ2n) is 4.62. The summed E-state index contributed by atoms with van der Waals surface area (Å²) >= 11 is 1.89. The number of hydrogen-bond acceptors (Lipinski definition) is 4. The maximum Gasteiger partial charge on any atom is 0.0970 e. The number of nitrogens with two attached hydrogens (primary N) is 1. The molecule has 0 fully saturated rings. The molecule has 0 aliphatic heterocycles. The Morgan fingerprint density at radius 3 is 3.17 bits per heavy atom. The van der Waals surface area contributed by atoms with Crippen LogP contribution >= 0.6 is 11.3 Å². The number of fused-ring (bicyclic) bond motifs is 1. The summed E-state index contributed by atoms with van der Waals surface area (Å²) in [4.78, 5) is 2.84. The Morgan fingerprint density at radius 2 is 2.44 bits per heavy atom. The van der Waals surface area contributed by atoms with Gasteiger partial charge in [-0.3, -0.25) is 10.5 Å². The van der Waals surface area contributed by atoms with Gasteiger partial charge in [0.1, 0.15) is 0 Å². The molecule has 2 aromatic rings. The van der Waals surface area contributed by atoms with Crippen LogP contribution in [0.15, 0.2) is 18.3 Å². The van der Waals surface area contributed by atoms with Gasteiger partial charge in [-0.2, -0.15) is 5.10 Å². The molecule has 0 bridgehead atoms. The van der Waals surface area contributed by atoms with Crippen molar-refractivity contribution < 1.29 is 0 Å². The molecule has 1 unspecified atom stereocenters. The number of aryl methyl sites for hydroxylation is 3. The van der Waals surface area contributed by atoms with Crippen LogP contribution in [0.25, 0.3) is 0 Å². The molecule has 5 heteroatoms. The molecule has 0 spiro atoms. The normalized spacial score (nSPS) is 15.9. The van der Waals surface area contributed by atoms with Crippen LogP contribution in [0, 0.1) is 0 Å². The summed E-state index contributed by atoms with van der Waals surface area (Å²) in [6.07, 6.45) is 5.58. The molecule has 0 radical (unpaired) electrons. The number of rotatable bonds is 4. The highest BCUT2D eigenvalue weighted by Gasteiger charge is 2.22. The molecule has 1 aliphatic rings. The lowest BCUT2D eigenvalue weighted by molar-refractivity contribution is 0.548.